The van der Waals surface area contributed by atoms with E-state index in [1.807, 2.05) is 5.32 Å². The first kappa shape index (κ1) is 28.5. The lowest BCUT2D eigenvalue weighted by Crippen LogP contribution is -2.59. The normalized spacial score (nSPS) is 19.9. The predicted molar refractivity (Wildman–Crippen MR) is 128 cm³/mol. The standard InChI is InChI=1S/C25H24F7N7O2/c26-19-10-16(41-9-3-1-2-8-24(27,28)29)6-7-18(19)23(25(30,31)32)11-17(14-12-33-39(13-14)15-4-5-15)20(22(40)34-23)21-35-37-38-36-21/h6-7,10,12-13,15H,1-5,8-9,11H2,(H,34,40)(H,35,36,37,38). The number of alkyl halides is 6. The molecule has 1 amide bonds. The number of benzene rings is 1. The summed E-state index contributed by atoms with van der Waals surface area (Å²) in [6.07, 6.45) is -6.29. The fourth-order valence-corrected chi connectivity index (χ4v) is 4.79. The van der Waals surface area contributed by atoms with Crippen LogP contribution in [0.2, 0.25) is 0 Å². The van der Waals surface area contributed by atoms with Crippen LogP contribution in [0.1, 0.15) is 67.9 Å². The van der Waals surface area contributed by atoms with Crippen molar-refractivity contribution in [1.82, 2.24) is 35.7 Å². The summed E-state index contributed by atoms with van der Waals surface area (Å²) in [6, 6.07) is 2.87. The van der Waals surface area contributed by atoms with Gasteiger partial charge in [0.2, 0.25) is 5.82 Å². The van der Waals surface area contributed by atoms with E-state index in [9.17, 15) is 31.1 Å². The van der Waals surface area contributed by atoms with Crippen LogP contribution < -0.4 is 10.1 Å². The monoisotopic (exact) mass is 587 g/mol. The molecule has 3 aromatic rings. The Morgan fingerprint density at radius 1 is 1.10 bits per heavy atom. The van der Waals surface area contributed by atoms with Gasteiger partial charge in [0.1, 0.15) is 11.6 Å². The Hall–Kier alpha value is -3.98. The first-order valence-corrected chi connectivity index (χ1v) is 12.8. The third-order valence-corrected chi connectivity index (χ3v) is 7.00. The smallest absolute Gasteiger partial charge is 0.416 e. The van der Waals surface area contributed by atoms with Gasteiger partial charge >= 0.3 is 12.4 Å². The highest BCUT2D eigenvalue weighted by Crippen LogP contribution is 2.50. The van der Waals surface area contributed by atoms with E-state index in [1.165, 1.54) is 12.4 Å². The van der Waals surface area contributed by atoms with Crippen LogP contribution in [0.3, 0.4) is 0 Å². The van der Waals surface area contributed by atoms with Gasteiger partial charge < -0.3 is 10.1 Å². The quantitative estimate of drug-likeness (QED) is 0.247. The summed E-state index contributed by atoms with van der Waals surface area (Å²) >= 11 is 0. The van der Waals surface area contributed by atoms with Gasteiger partial charge in [-0.15, -0.1) is 10.2 Å². The number of nitrogens with zero attached hydrogens (tertiary/aromatic N) is 5. The van der Waals surface area contributed by atoms with Crippen LogP contribution in [0.15, 0.2) is 30.6 Å². The zero-order chi connectivity index (χ0) is 29.4. The van der Waals surface area contributed by atoms with Gasteiger partial charge in [-0.2, -0.15) is 36.7 Å². The van der Waals surface area contributed by atoms with Crippen molar-refractivity contribution in [3.05, 3.63) is 53.4 Å². The van der Waals surface area contributed by atoms with Crippen LogP contribution in [0.25, 0.3) is 11.1 Å². The molecule has 1 aromatic carbocycles. The number of carbonyl (C=O) groups is 1. The van der Waals surface area contributed by atoms with Crippen LogP contribution in [-0.4, -0.2) is 55.3 Å². The highest BCUT2D eigenvalue weighted by atomic mass is 19.4. The Kier molecular flexibility index (Phi) is 7.50. The fourth-order valence-electron chi connectivity index (χ4n) is 4.79. The molecular formula is C25H24F7N7O2. The van der Waals surface area contributed by atoms with E-state index in [4.69, 9.17) is 4.74 Å². The van der Waals surface area contributed by atoms with Crippen molar-refractivity contribution >= 4 is 17.1 Å². The van der Waals surface area contributed by atoms with E-state index in [0.717, 1.165) is 31.0 Å². The molecule has 5 rings (SSSR count). The SMILES string of the molecule is O=C1NC(c2ccc(OCCCCCC(F)(F)F)cc2F)(C(F)(F)F)CC(c2cnn(C3CC3)c2)=C1c1nn[nH]n1. The summed E-state index contributed by atoms with van der Waals surface area (Å²) < 4.78 is 104. The van der Waals surface area contributed by atoms with Crippen molar-refractivity contribution < 1.29 is 40.3 Å². The Labute approximate surface area is 228 Å². The lowest BCUT2D eigenvalue weighted by atomic mass is 9.76. The molecular weight excluding hydrogens is 563 g/mol. The molecule has 1 aliphatic carbocycles. The molecule has 1 atom stereocenters. The Bertz CT molecular complexity index is 1430. The number of amides is 1. The number of H-pyrrole nitrogens is 1. The second-order valence-electron chi connectivity index (χ2n) is 9.98. The van der Waals surface area contributed by atoms with Gasteiger partial charge in [-0.25, -0.2) is 4.39 Å². The Morgan fingerprint density at radius 2 is 1.88 bits per heavy atom. The molecule has 9 nitrogen and oxygen atoms in total. The van der Waals surface area contributed by atoms with Gasteiger partial charge in [0.15, 0.2) is 5.54 Å². The number of hydrogen-bond acceptors (Lipinski definition) is 6. The molecule has 0 saturated heterocycles. The third-order valence-electron chi connectivity index (χ3n) is 7.00. The van der Waals surface area contributed by atoms with Crippen LogP contribution in [-0.2, 0) is 10.3 Å². The maximum Gasteiger partial charge on any atom is 0.416 e. The molecule has 2 aliphatic rings. The van der Waals surface area contributed by atoms with E-state index >= 15 is 4.39 Å². The summed E-state index contributed by atoms with van der Waals surface area (Å²) in [5, 5.41) is 19.3. The molecule has 0 bridgehead atoms. The minimum absolute atomic E-state index is 0.0519. The average molecular weight is 587 g/mol. The number of nitrogens with one attached hydrogen (secondary N) is 2. The van der Waals surface area contributed by atoms with Crippen LogP contribution >= 0.6 is 0 Å². The topological polar surface area (TPSA) is 111 Å². The number of unbranched alkanes of at least 4 members (excludes halogenated alkanes) is 2. The van der Waals surface area contributed by atoms with Crippen molar-refractivity contribution in [2.45, 2.75) is 68.9 Å². The van der Waals surface area contributed by atoms with Crippen molar-refractivity contribution in [2.75, 3.05) is 6.61 Å². The zero-order valence-electron chi connectivity index (χ0n) is 21.3. The van der Waals surface area contributed by atoms with E-state index in [1.54, 1.807) is 4.68 Å². The van der Waals surface area contributed by atoms with Crippen LogP contribution in [0.4, 0.5) is 30.7 Å². The fraction of sp³-hybridized carbons (Fsp3) is 0.480. The van der Waals surface area contributed by atoms with Gasteiger partial charge in [-0.1, -0.05) is 0 Å². The van der Waals surface area contributed by atoms with E-state index < -0.39 is 48.0 Å². The number of aromatic amines is 1. The highest BCUT2D eigenvalue weighted by molar-refractivity contribution is 6.27. The Morgan fingerprint density at radius 3 is 2.51 bits per heavy atom. The van der Waals surface area contributed by atoms with Crippen LogP contribution in [0.5, 0.6) is 5.75 Å². The van der Waals surface area contributed by atoms with E-state index in [0.29, 0.717) is 0 Å². The lowest BCUT2D eigenvalue weighted by molar-refractivity contribution is -0.202. The number of ether oxygens (including phenoxy) is 1. The molecule has 3 heterocycles. The molecule has 41 heavy (non-hydrogen) atoms. The van der Waals surface area contributed by atoms with Crippen molar-refractivity contribution in [1.29, 1.82) is 0 Å². The minimum atomic E-state index is -5.15. The maximum absolute atomic E-state index is 15.4. The molecule has 1 fully saturated rings. The molecule has 220 valence electrons. The second-order valence-corrected chi connectivity index (χ2v) is 9.98. The van der Waals surface area contributed by atoms with Gasteiger partial charge in [0.25, 0.3) is 5.91 Å². The van der Waals surface area contributed by atoms with Gasteiger partial charge in [-0.05, 0) is 55.0 Å². The lowest BCUT2D eigenvalue weighted by Gasteiger charge is -2.41. The highest BCUT2D eigenvalue weighted by Gasteiger charge is 2.61. The first-order valence-electron chi connectivity index (χ1n) is 12.8. The van der Waals surface area contributed by atoms with Crippen molar-refractivity contribution in [2.24, 2.45) is 0 Å². The summed E-state index contributed by atoms with van der Waals surface area (Å²) in [5.74, 6) is -2.79. The summed E-state index contributed by atoms with van der Waals surface area (Å²) in [7, 11) is 0. The summed E-state index contributed by atoms with van der Waals surface area (Å²) in [6.45, 7) is -0.0519. The number of aromatic nitrogens is 6. The van der Waals surface area contributed by atoms with E-state index in [2.05, 4.69) is 25.7 Å². The van der Waals surface area contributed by atoms with Gasteiger partial charge in [-0.3, -0.25) is 9.48 Å². The molecule has 1 unspecified atom stereocenters. The molecule has 16 heteroatoms. The van der Waals surface area contributed by atoms with Crippen molar-refractivity contribution in [3.8, 4) is 5.75 Å². The molecule has 1 aliphatic heterocycles. The molecule has 0 spiro atoms. The Balaban J connectivity index is 1.44. The number of carbonyl (C=O) groups excluding carboxylic acids is 1. The average Bonchev–Trinajstić information content (AvgIpc) is 3.37. The van der Waals surface area contributed by atoms with Gasteiger partial charge in [0, 0.05) is 36.2 Å². The predicted octanol–water partition coefficient (Wildman–Crippen LogP) is 5.26. The summed E-state index contributed by atoms with van der Waals surface area (Å²) in [4.78, 5) is 13.3. The van der Waals surface area contributed by atoms with E-state index in [-0.39, 0.29) is 60.2 Å². The maximum atomic E-state index is 15.4. The van der Waals surface area contributed by atoms with Gasteiger partial charge in [0.05, 0.1) is 24.4 Å². The number of rotatable bonds is 10. The molecule has 0 radical (unpaired) electrons. The first-order chi connectivity index (χ1) is 19.4. The number of halogens is 7. The largest absolute Gasteiger partial charge is 0.493 e. The minimum Gasteiger partial charge on any atom is -0.493 e. The van der Waals surface area contributed by atoms with Crippen molar-refractivity contribution in [3.63, 3.8) is 0 Å². The number of tetrazole rings is 1. The van der Waals surface area contributed by atoms with Crippen LogP contribution in [0, 0.1) is 5.82 Å². The number of hydrogen-bond donors (Lipinski definition) is 2. The third kappa shape index (κ3) is 6.05. The molecule has 2 N–H and O–H groups in total. The second kappa shape index (κ2) is 10.8. The molecule has 2 aromatic heterocycles. The summed E-state index contributed by atoms with van der Waals surface area (Å²) in [5.41, 5.74) is -4.10. The zero-order valence-corrected chi connectivity index (χ0v) is 21.3. The molecule has 1 saturated carbocycles.